The van der Waals surface area contributed by atoms with Crippen LogP contribution >= 0.6 is 0 Å². The van der Waals surface area contributed by atoms with Crippen LogP contribution in [0, 0.1) is 0 Å². The second-order valence-corrected chi connectivity index (χ2v) is 6.19. The summed E-state index contributed by atoms with van der Waals surface area (Å²) >= 11 is 0. The van der Waals surface area contributed by atoms with Crippen LogP contribution < -0.4 is 0 Å². The molecule has 2 fully saturated rings. The number of hydrogen-bond acceptors (Lipinski definition) is 4. The van der Waals surface area contributed by atoms with Crippen molar-refractivity contribution in [2.24, 2.45) is 0 Å². The van der Waals surface area contributed by atoms with Gasteiger partial charge >= 0.3 is 5.97 Å². The van der Waals surface area contributed by atoms with Crippen LogP contribution in [-0.2, 0) is 9.53 Å². The molecule has 1 saturated carbocycles. The van der Waals surface area contributed by atoms with Crippen LogP contribution in [0.15, 0.2) is 0 Å². The van der Waals surface area contributed by atoms with Crippen LogP contribution in [-0.4, -0.2) is 61.1 Å². The smallest absolute Gasteiger partial charge is 0.307 e. The highest BCUT2D eigenvalue weighted by Crippen LogP contribution is 2.28. The molecule has 0 N–H and O–H groups in total. The fourth-order valence-electron chi connectivity index (χ4n) is 3.53. The molecule has 19 heavy (non-hydrogen) atoms. The van der Waals surface area contributed by atoms with Crippen LogP contribution in [0.3, 0.4) is 0 Å². The first-order valence-corrected chi connectivity index (χ1v) is 7.64. The highest BCUT2D eigenvalue weighted by molar-refractivity contribution is 5.70. The maximum Gasteiger partial charge on any atom is 0.307 e. The minimum Gasteiger partial charge on any atom is -0.469 e. The number of hydrogen-bond donors (Lipinski definition) is 0. The first-order chi connectivity index (χ1) is 9.11. The van der Waals surface area contributed by atoms with Gasteiger partial charge in [-0.25, -0.2) is 0 Å². The lowest BCUT2D eigenvalue weighted by molar-refractivity contribution is -0.142. The highest BCUT2D eigenvalue weighted by atomic mass is 16.5. The van der Waals surface area contributed by atoms with Crippen molar-refractivity contribution in [1.29, 1.82) is 0 Å². The molecule has 0 bridgehead atoms. The maximum absolute atomic E-state index is 11.7. The zero-order valence-electron chi connectivity index (χ0n) is 12.6. The van der Waals surface area contributed by atoms with Gasteiger partial charge in [-0.2, -0.15) is 0 Å². The number of ether oxygens (including phenoxy) is 1. The summed E-state index contributed by atoms with van der Waals surface area (Å²) in [5, 5.41) is 0. The molecule has 2 atom stereocenters. The molecule has 1 saturated heterocycles. The van der Waals surface area contributed by atoms with Crippen LogP contribution in [0.2, 0.25) is 0 Å². The highest BCUT2D eigenvalue weighted by Gasteiger charge is 2.33. The van der Waals surface area contributed by atoms with Gasteiger partial charge in [0.1, 0.15) is 0 Å². The monoisotopic (exact) mass is 268 g/mol. The lowest BCUT2D eigenvalue weighted by atomic mass is 10.1. The Labute approximate surface area is 117 Å². The number of methoxy groups -OCH3 is 1. The van der Waals surface area contributed by atoms with Crippen molar-refractivity contribution >= 4 is 5.97 Å². The molecule has 0 aromatic rings. The molecule has 1 aliphatic carbocycles. The van der Waals surface area contributed by atoms with Gasteiger partial charge in [0.05, 0.1) is 13.5 Å². The van der Waals surface area contributed by atoms with E-state index in [1.165, 1.54) is 39.2 Å². The Morgan fingerprint density at radius 1 is 1.26 bits per heavy atom. The van der Waals surface area contributed by atoms with Crippen molar-refractivity contribution in [3.05, 3.63) is 0 Å². The first kappa shape index (κ1) is 14.8. The van der Waals surface area contributed by atoms with E-state index in [1.807, 2.05) is 0 Å². The van der Waals surface area contributed by atoms with Gasteiger partial charge in [0.25, 0.3) is 0 Å². The topological polar surface area (TPSA) is 32.8 Å². The molecule has 2 aliphatic rings. The lowest BCUT2D eigenvalue weighted by Crippen LogP contribution is -2.46. The van der Waals surface area contributed by atoms with E-state index in [2.05, 4.69) is 23.8 Å². The quantitative estimate of drug-likeness (QED) is 0.732. The summed E-state index contributed by atoms with van der Waals surface area (Å²) in [5.74, 6) is -0.0732. The van der Waals surface area contributed by atoms with Gasteiger partial charge < -0.3 is 9.64 Å². The number of nitrogens with zero attached hydrogens (tertiary/aromatic N) is 2. The van der Waals surface area contributed by atoms with E-state index in [4.69, 9.17) is 4.74 Å². The third kappa shape index (κ3) is 3.69. The molecule has 0 spiro atoms. The maximum atomic E-state index is 11.7. The van der Waals surface area contributed by atoms with Crippen molar-refractivity contribution in [1.82, 2.24) is 9.80 Å². The van der Waals surface area contributed by atoms with Gasteiger partial charge in [-0.3, -0.25) is 9.69 Å². The van der Waals surface area contributed by atoms with Gasteiger partial charge in [-0.15, -0.1) is 0 Å². The van der Waals surface area contributed by atoms with Gasteiger partial charge in [0, 0.05) is 31.2 Å². The number of carbonyl (C=O) groups is 1. The third-order valence-electron chi connectivity index (χ3n) is 4.95. The van der Waals surface area contributed by atoms with Crippen molar-refractivity contribution < 1.29 is 9.53 Å². The standard InChI is InChI=1S/C15H28N2O2/c1-12-8-9-17(13-6-4-5-7-13)14(11-16(12)2)10-15(18)19-3/h12-14H,4-11H2,1-3H3. The first-order valence-electron chi connectivity index (χ1n) is 7.64. The summed E-state index contributed by atoms with van der Waals surface area (Å²) < 4.78 is 4.88. The average Bonchev–Trinajstić information content (AvgIpc) is 2.87. The fraction of sp³-hybridized carbons (Fsp3) is 0.933. The zero-order valence-corrected chi connectivity index (χ0v) is 12.6. The molecule has 0 aromatic heterocycles. The average molecular weight is 268 g/mol. The minimum absolute atomic E-state index is 0.0732. The summed E-state index contributed by atoms with van der Waals surface area (Å²) in [6.45, 7) is 4.39. The Morgan fingerprint density at radius 3 is 2.58 bits per heavy atom. The third-order valence-corrected chi connectivity index (χ3v) is 4.95. The van der Waals surface area contributed by atoms with Crippen LogP contribution in [0.5, 0.6) is 0 Å². The molecule has 110 valence electrons. The second kappa shape index (κ2) is 6.71. The molecule has 2 rings (SSSR count). The van der Waals surface area contributed by atoms with E-state index in [-0.39, 0.29) is 5.97 Å². The largest absolute Gasteiger partial charge is 0.469 e. The minimum atomic E-state index is -0.0732. The predicted octanol–water partition coefficient (Wildman–Crippen LogP) is 1.89. The Morgan fingerprint density at radius 2 is 1.95 bits per heavy atom. The molecule has 1 heterocycles. The number of esters is 1. The Bertz CT molecular complexity index is 303. The second-order valence-electron chi connectivity index (χ2n) is 6.19. The fourth-order valence-corrected chi connectivity index (χ4v) is 3.53. The van der Waals surface area contributed by atoms with E-state index in [9.17, 15) is 4.79 Å². The summed E-state index contributed by atoms with van der Waals surface area (Å²) in [6, 6.07) is 1.62. The number of carbonyl (C=O) groups excluding carboxylic acids is 1. The summed E-state index contributed by atoms with van der Waals surface area (Å²) in [5.41, 5.74) is 0. The van der Waals surface area contributed by atoms with Gasteiger partial charge in [-0.1, -0.05) is 12.8 Å². The number of likely N-dealkylation sites (N-methyl/N-ethyl adjacent to an activating group) is 1. The SMILES string of the molecule is COC(=O)CC1CN(C)C(C)CCN1C1CCCC1. The molecule has 2 unspecified atom stereocenters. The molecule has 1 aliphatic heterocycles. The molecule has 0 amide bonds. The lowest BCUT2D eigenvalue weighted by Gasteiger charge is -2.35. The van der Waals surface area contributed by atoms with Crippen LogP contribution in [0.25, 0.3) is 0 Å². The zero-order chi connectivity index (χ0) is 13.8. The Kier molecular flexibility index (Phi) is 5.22. The van der Waals surface area contributed by atoms with E-state index < -0.39 is 0 Å². The summed E-state index contributed by atoms with van der Waals surface area (Å²) in [6.07, 6.45) is 7.02. The Balaban J connectivity index is 2.07. The van der Waals surface area contributed by atoms with Gasteiger partial charge in [0.15, 0.2) is 0 Å². The number of rotatable bonds is 3. The van der Waals surface area contributed by atoms with E-state index in [0.29, 0.717) is 24.5 Å². The van der Waals surface area contributed by atoms with Crippen molar-refractivity contribution in [2.75, 3.05) is 27.2 Å². The van der Waals surface area contributed by atoms with E-state index in [0.717, 1.165) is 13.1 Å². The van der Waals surface area contributed by atoms with Crippen molar-refractivity contribution in [3.63, 3.8) is 0 Å². The van der Waals surface area contributed by atoms with E-state index in [1.54, 1.807) is 0 Å². The van der Waals surface area contributed by atoms with Gasteiger partial charge in [-0.05, 0) is 33.2 Å². The van der Waals surface area contributed by atoms with Crippen molar-refractivity contribution in [3.8, 4) is 0 Å². The molecule has 4 heteroatoms. The van der Waals surface area contributed by atoms with Crippen molar-refractivity contribution in [2.45, 2.75) is 63.6 Å². The molecular formula is C15H28N2O2. The summed E-state index contributed by atoms with van der Waals surface area (Å²) in [4.78, 5) is 16.7. The van der Waals surface area contributed by atoms with Crippen LogP contribution in [0.4, 0.5) is 0 Å². The normalized spacial score (nSPS) is 31.3. The molecule has 4 nitrogen and oxygen atoms in total. The summed E-state index contributed by atoms with van der Waals surface area (Å²) in [7, 11) is 3.67. The van der Waals surface area contributed by atoms with Gasteiger partial charge in [0.2, 0.25) is 0 Å². The molecule has 0 aromatic carbocycles. The predicted molar refractivity (Wildman–Crippen MR) is 76.1 cm³/mol. The Hall–Kier alpha value is -0.610. The molecular weight excluding hydrogens is 240 g/mol. The van der Waals surface area contributed by atoms with E-state index >= 15 is 0 Å². The molecule has 0 radical (unpaired) electrons. The van der Waals surface area contributed by atoms with Crippen LogP contribution in [0.1, 0.15) is 45.4 Å².